The Morgan fingerprint density at radius 2 is 1.83 bits per heavy atom. The zero-order chi connectivity index (χ0) is 8.81. The smallest absolute Gasteiger partial charge is 0.423 e. The average molecular weight is 165 g/mol. The summed E-state index contributed by atoms with van der Waals surface area (Å²) in [5.41, 5.74) is 0. The van der Waals surface area contributed by atoms with Gasteiger partial charge >= 0.3 is 6.47 Å². The van der Waals surface area contributed by atoms with E-state index in [2.05, 4.69) is 4.74 Å². The third kappa shape index (κ3) is 2.27. The van der Waals surface area contributed by atoms with E-state index in [4.69, 9.17) is 4.74 Å². The highest BCUT2D eigenvalue weighted by Gasteiger charge is 1.94. The molecule has 0 saturated heterocycles. The highest BCUT2D eigenvalue weighted by molar-refractivity contribution is 5.46. The SMILES string of the molecule is CCOc1ccc(O[C]=O)cc1. The summed E-state index contributed by atoms with van der Waals surface area (Å²) in [6.07, 6.45) is 0. The van der Waals surface area contributed by atoms with Gasteiger partial charge in [-0.1, -0.05) is 0 Å². The van der Waals surface area contributed by atoms with Crippen LogP contribution in [0.1, 0.15) is 6.92 Å². The van der Waals surface area contributed by atoms with Crippen molar-refractivity contribution in [3.8, 4) is 11.5 Å². The normalized spacial score (nSPS) is 9.08. The maximum atomic E-state index is 9.81. The molecule has 1 radical (unpaired) electrons. The summed E-state index contributed by atoms with van der Waals surface area (Å²) in [6, 6.07) is 6.76. The number of hydrogen-bond acceptors (Lipinski definition) is 3. The van der Waals surface area contributed by atoms with Gasteiger partial charge in [0.2, 0.25) is 0 Å². The third-order valence-electron chi connectivity index (χ3n) is 1.29. The number of carbonyl (C=O) groups excluding carboxylic acids is 1. The quantitative estimate of drug-likeness (QED) is 0.678. The minimum atomic E-state index is 0.466. The second-order valence-corrected chi connectivity index (χ2v) is 2.09. The molecule has 63 valence electrons. The van der Waals surface area contributed by atoms with Crippen molar-refractivity contribution >= 4 is 6.47 Å². The Bertz CT molecular complexity index is 240. The van der Waals surface area contributed by atoms with Crippen molar-refractivity contribution in [2.75, 3.05) is 6.61 Å². The van der Waals surface area contributed by atoms with Crippen LogP contribution in [0.3, 0.4) is 0 Å². The molecule has 0 atom stereocenters. The van der Waals surface area contributed by atoms with E-state index in [0.717, 1.165) is 5.75 Å². The van der Waals surface area contributed by atoms with E-state index in [-0.39, 0.29) is 0 Å². The van der Waals surface area contributed by atoms with Gasteiger partial charge in [0, 0.05) is 0 Å². The molecule has 0 saturated carbocycles. The maximum Gasteiger partial charge on any atom is 0.423 e. The molecule has 0 N–H and O–H groups in total. The molecule has 0 spiro atoms. The van der Waals surface area contributed by atoms with Crippen LogP contribution in [0.2, 0.25) is 0 Å². The molecule has 0 aliphatic heterocycles. The van der Waals surface area contributed by atoms with Crippen molar-refractivity contribution in [3.05, 3.63) is 24.3 Å². The predicted molar refractivity (Wildman–Crippen MR) is 43.9 cm³/mol. The Kier molecular flexibility index (Phi) is 3.14. The lowest BCUT2D eigenvalue weighted by Gasteiger charge is -2.02. The van der Waals surface area contributed by atoms with Crippen LogP contribution < -0.4 is 9.47 Å². The molecule has 0 heterocycles. The largest absolute Gasteiger partial charge is 0.494 e. The van der Waals surface area contributed by atoms with Crippen LogP contribution in [0.25, 0.3) is 0 Å². The second kappa shape index (κ2) is 4.38. The van der Waals surface area contributed by atoms with Gasteiger partial charge in [0.15, 0.2) is 0 Å². The maximum absolute atomic E-state index is 9.81. The summed E-state index contributed by atoms with van der Waals surface area (Å²) in [5.74, 6) is 1.23. The van der Waals surface area contributed by atoms with E-state index in [1.807, 2.05) is 6.92 Å². The van der Waals surface area contributed by atoms with E-state index in [9.17, 15) is 4.79 Å². The van der Waals surface area contributed by atoms with Crippen LogP contribution in [-0.2, 0) is 4.79 Å². The molecule has 12 heavy (non-hydrogen) atoms. The zero-order valence-electron chi connectivity index (χ0n) is 6.74. The fourth-order valence-electron chi connectivity index (χ4n) is 0.819. The molecule has 1 aromatic rings. The molecule has 0 aromatic heterocycles. The van der Waals surface area contributed by atoms with Crippen molar-refractivity contribution in [3.63, 3.8) is 0 Å². The van der Waals surface area contributed by atoms with E-state index in [1.54, 1.807) is 24.3 Å². The van der Waals surface area contributed by atoms with Crippen LogP contribution in [0.15, 0.2) is 24.3 Å². The molecular formula is C9H9O3. The summed E-state index contributed by atoms with van der Waals surface area (Å²) >= 11 is 0. The number of hydrogen-bond donors (Lipinski definition) is 0. The monoisotopic (exact) mass is 165 g/mol. The van der Waals surface area contributed by atoms with Gasteiger partial charge in [0.05, 0.1) is 6.61 Å². The fraction of sp³-hybridized carbons (Fsp3) is 0.222. The zero-order valence-corrected chi connectivity index (χ0v) is 6.74. The van der Waals surface area contributed by atoms with E-state index in [1.165, 1.54) is 6.47 Å². The average Bonchev–Trinajstić information content (AvgIpc) is 2.09. The van der Waals surface area contributed by atoms with Gasteiger partial charge in [-0.2, -0.15) is 0 Å². The Morgan fingerprint density at radius 1 is 1.25 bits per heavy atom. The van der Waals surface area contributed by atoms with Crippen LogP contribution in [0, 0.1) is 0 Å². The highest BCUT2D eigenvalue weighted by Crippen LogP contribution is 2.16. The summed E-state index contributed by atoms with van der Waals surface area (Å²) in [7, 11) is 0. The minimum Gasteiger partial charge on any atom is -0.494 e. The van der Waals surface area contributed by atoms with Crippen molar-refractivity contribution in [2.24, 2.45) is 0 Å². The first-order valence-corrected chi connectivity index (χ1v) is 3.63. The van der Waals surface area contributed by atoms with Gasteiger partial charge in [-0.25, -0.2) is 4.79 Å². The number of ether oxygens (including phenoxy) is 2. The molecule has 0 unspecified atom stereocenters. The molecular weight excluding hydrogens is 156 g/mol. The first-order chi connectivity index (χ1) is 5.86. The van der Waals surface area contributed by atoms with Gasteiger partial charge in [0.25, 0.3) is 0 Å². The standard InChI is InChI=1S/C9H9O3/c1-2-11-8-3-5-9(6-4-8)12-7-10/h3-6H,2H2,1H3. The van der Waals surface area contributed by atoms with E-state index >= 15 is 0 Å². The molecule has 1 rings (SSSR count). The number of benzene rings is 1. The molecule has 0 bridgehead atoms. The highest BCUT2D eigenvalue weighted by atomic mass is 16.5. The third-order valence-corrected chi connectivity index (χ3v) is 1.29. The van der Waals surface area contributed by atoms with Gasteiger partial charge in [-0.05, 0) is 31.2 Å². The van der Waals surface area contributed by atoms with Crippen molar-refractivity contribution in [1.82, 2.24) is 0 Å². The molecule has 0 fully saturated rings. The lowest BCUT2D eigenvalue weighted by molar-refractivity contribution is 0.339. The van der Waals surface area contributed by atoms with Crippen molar-refractivity contribution in [2.45, 2.75) is 6.92 Å². The van der Waals surface area contributed by atoms with Crippen molar-refractivity contribution in [1.29, 1.82) is 0 Å². The van der Waals surface area contributed by atoms with Gasteiger partial charge in [-0.15, -0.1) is 0 Å². The Hall–Kier alpha value is -1.51. The van der Waals surface area contributed by atoms with Crippen LogP contribution in [-0.4, -0.2) is 13.1 Å². The molecule has 0 aliphatic rings. The fourth-order valence-corrected chi connectivity index (χ4v) is 0.819. The first kappa shape index (κ1) is 8.59. The summed E-state index contributed by atoms with van der Waals surface area (Å²) in [6.45, 7) is 3.88. The lowest BCUT2D eigenvalue weighted by atomic mass is 10.3. The summed E-state index contributed by atoms with van der Waals surface area (Å²) in [5, 5.41) is 0. The second-order valence-electron chi connectivity index (χ2n) is 2.09. The van der Waals surface area contributed by atoms with E-state index in [0.29, 0.717) is 12.4 Å². The molecule has 3 nitrogen and oxygen atoms in total. The molecule has 3 heteroatoms. The van der Waals surface area contributed by atoms with Crippen molar-refractivity contribution < 1.29 is 14.3 Å². The Balaban J connectivity index is 2.64. The molecule has 0 aliphatic carbocycles. The predicted octanol–water partition coefficient (Wildman–Crippen LogP) is 1.53. The van der Waals surface area contributed by atoms with Gasteiger partial charge < -0.3 is 9.47 Å². The van der Waals surface area contributed by atoms with Crippen LogP contribution in [0.4, 0.5) is 0 Å². The molecule has 0 amide bonds. The Labute approximate surface area is 70.9 Å². The van der Waals surface area contributed by atoms with Gasteiger partial charge in [-0.3, -0.25) is 0 Å². The molecule has 1 aromatic carbocycles. The lowest BCUT2D eigenvalue weighted by Crippen LogP contribution is -1.92. The van der Waals surface area contributed by atoms with E-state index < -0.39 is 0 Å². The topological polar surface area (TPSA) is 35.5 Å². The first-order valence-electron chi connectivity index (χ1n) is 3.63. The Morgan fingerprint density at radius 3 is 2.33 bits per heavy atom. The van der Waals surface area contributed by atoms with Crippen LogP contribution >= 0.6 is 0 Å². The van der Waals surface area contributed by atoms with Gasteiger partial charge in [0.1, 0.15) is 11.5 Å². The summed E-state index contributed by atoms with van der Waals surface area (Å²) in [4.78, 5) is 9.81. The van der Waals surface area contributed by atoms with Crippen LogP contribution in [0.5, 0.6) is 11.5 Å². The summed E-state index contributed by atoms with van der Waals surface area (Å²) < 4.78 is 9.66. The minimum absolute atomic E-state index is 0.466. The number of rotatable bonds is 4.